The number of hydrogen-bond acceptors (Lipinski definition) is 18. The minimum absolute atomic E-state index is 0.000437. The molecule has 0 amide bonds. The maximum absolute atomic E-state index is 13.1. The van der Waals surface area contributed by atoms with Crippen molar-refractivity contribution >= 4 is 5.97 Å². The molecule has 3 heterocycles. The van der Waals surface area contributed by atoms with Crippen molar-refractivity contribution < 1.29 is 83.9 Å². The number of nitrogens with two attached hydrogens (primary N) is 1. The minimum Gasteiger partial charge on any atom is -0.453 e. The smallest absolute Gasteiger partial charge is 0.323 e. The molecule has 18 nitrogen and oxygen atoms in total. The molecule has 16 atom stereocenters. The van der Waals surface area contributed by atoms with Crippen LogP contribution in [0.5, 0.6) is 0 Å². The van der Waals surface area contributed by atoms with Gasteiger partial charge in [-0.25, -0.2) is 0 Å². The molecule has 0 radical (unpaired) electrons. The van der Waals surface area contributed by atoms with Crippen molar-refractivity contribution in [2.75, 3.05) is 19.8 Å². The molecule has 280 valence electrons. The van der Waals surface area contributed by atoms with Crippen LogP contribution in [-0.4, -0.2) is 170 Å². The van der Waals surface area contributed by atoms with Crippen LogP contribution in [0.25, 0.3) is 0 Å². The number of aliphatic hydroxyl groups excluding tert-OH is 9. The van der Waals surface area contributed by atoms with E-state index < -0.39 is 124 Å². The Balaban J connectivity index is 1.56. The summed E-state index contributed by atoms with van der Waals surface area (Å²) < 4.78 is 39.8. The van der Waals surface area contributed by atoms with Crippen LogP contribution in [0.4, 0.5) is 0 Å². The number of rotatable bonds is 14. The van der Waals surface area contributed by atoms with Crippen molar-refractivity contribution in [2.45, 2.75) is 125 Å². The molecule has 11 N–H and O–H groups in total. The monoisotopic (exact) mass is 707 g/mol. The molecule has 3 saturated heterocycles. The summed E-state index contributed by atoms with van der Waals surface area (Å²) in [7, 11) is 0. The number of aliphatic hydroxyl groups is 9. The van der Waals surface area contributed by atoms with Crippen molar-refractivity contribution in [1.29, 1.82) is 0 Å². The van der Waals surface area contributed by atoms with Gasteiger partial charge >= 0.3 is 5.97 Å². The molecule has 0 unspecified atom stereocenters. The average molecular weight is 708 g/mol. The Kier molecular flexibility index (Phi) is 14.6. The van der Waals surface area contributed by atoms with Crippen molar-refractivity contribution in [1.82, 2.24) is 0 Å². The predicted molar refractivity (Wildman–Crippen MR) is 162 cm³/mol. The molecule has 0 aliphatic carbocycles. The molecule has 0 bridgehead atoms. The lowest BCUT2D eigenvalue weighted by Crippen LogP contribution is -2.67. The third kappa shape index (κ3) is 9.49. The number of carbonyl (C=O) groups excluding carboxylic acids is 1. The fourth-order valence-corrected chi connectivity index (χ4v) is 5.87. The number of hydrogen-bond donors (Lipinski definition) is 10. The maximum atomic E-state index is 13.1. The lowest BCUT2D eigenvalue weighted by atomic mass is 9.95. The van der Waals surface area contributed by atoms with Crippen molar-refractivity contribution in [3.05, 3.63) is 35.9 Å². The summed E-state index contributed by atoms with van der Waals surface area (Å²) in [5.41, 5.74) is 6.76. The predicted octanol–water partition coefficient (Wildman–Crippen LogP) is -4.42. The van der Waals surface area contributed by atoms with E-state index in [2.05, 4.69) is 0 Å². The lowest BCUT2D eigenvalue weighted by molar-refractivity contribution is -0.380. The molecular weight excluding hydrogens is 658 g/mol. The number of ether oxygens (including phenoxy) is 7. The Morgan fingerprint density at radius 1 is 0.694 bits per heavy atom. The van der Waals surface area contributed by atoms with Crippen LogP contribution in [-0.2, 0) is 44.6 Å². The lowest BCUT2D eigenvalue weighted by Gasteiger charge is -2.48. The van der Waals surface area contributed by atoms with E-state index in [9.17, 15) is 50.8 Å². The highest BCUT2D eigenvalue weighted by molar-refractivity contribution is 5.75. The standard InChI is InChI=1S/C31H49NO17/c1-13(2)8-15(32)28(42)47-27-24(41)26(48-30-22(39)20(37)19(36)16(9-33)44-30)18(11-35)46-31(27)49-25-17(10-34)45-29(23(40)21(25)38)43-12-14-6-4-3-5-7-14/h3-7,13,15-27,29-31,33-41H,8-12,32H2,1-2H3/t15-,16+,17+,18+,19+,20-,21+,22+,23+,24-,25+,26+,27+,29+,30+,31+/m0/s1. The molecule has 3 aliphatic heterocycles. The van der Waals surface area contributed by atoms with Gasteiger partial charge in [0.1, 0.15) is 73.2 Å². The highest BCUT2D eigenvalue weighted by Crippen LogP contribution is 2.34. The van der Waals surface area contributed by atoms with Crippen molar-refractivity contribution in [3.63, 3.8) is 0 Å². The third-order valence-corrected chi connectivity index (χ3v) is 8.59. The topological polar surface area (TPSA) is 290 Å². The van der Waals surface area contributed by atoms with Crippen LogP contribution in [0, 0.1) is 5.92 Å². The quantitative estimate of drug-likeness (QED) is 0.0816. The van der Waals surface area contributed by atoms with E-state index >= 15 is 0 Å². The van der Waals surface area contributed by atoms with E-state index in [4.69, 9.17) is 38.9 Å². The zero-order valence-corrected chi connectivity index (χ0v) is 27.1. The SMILES string of the molecule is CC(C)C[C@H](N)C(=O)O[C@H]1[C@@H](O[C@H]2[C@H](O)[C@@H](O)[C@H](OCc3ccccc3)O[C@@H]2CO)O[C@H](CO)[C@@H](O[C@H]2O[C@H](CO)[C@@H](O)[C@H](O)[C@H]2O)[C@@H]1O. The van der Waals surface area contributed by atoms with Crippen LogP contribution >= 0.6 is 0 Å². The summed E-state index contributed by atoms with van der Waals surface area (Å²) in [5.74, 6) is -1.01. The molecular formula is C31H49NO17. The zero-order chi connectivity index (χ0) is 36.0. The van der Waals surface area contributed by atoms with E-state index in [0.717, 1.165) is 5.56 Å². The largest absolute Gasteiger partial charge is 0.453 e. The van der Waals surface area contributed by atoms with E-state index in [1.54, 1.807) is 30.3 Å². The van der Waals surface area contributed by atoms with Crippen LogP contribution < -0.4 is 5.73 Å². The summed E-state index contributed by atoms with van der Waals surface area (Å²) in [6.07, 6.45) is -24.9. The maximum Gasteiger partial charge on any atom is 0.323 e. The molecule has 1 aromatic carbocycles. The molecule has 3 fully saturated rings. The Morgan fingerprint density at radius 3 is 1.82 bits per heavy atom. The fraction of sp³-hybridized carbons (Fsp3) is 0.774. The summed E-state index contributed by atoms with van der Waals surface area (Å²) in [6, 6.07) is 7.75. The second-order valence-electron chi connectivity index (χ2n) is 12.8. The van der Waals surface area contributed by atoms with Crippen LogP contribution in [0.15, 0.2) is 30.3 Å². The zero-order valence-electron chi connectivity index (χ0n) is 27.1. The molecule has 1 aromatic rings. The first kappa shape index (κ1) is 39.8. The Morgan fingerprint density at radius 2 is 1.22 bits per heavy atom. The Hall–Kier alpha value is -1.95. The minimum atomic E-state index is -1.93. The second kappa shape index (κ2) is 18.0. The highest BCUT2D eigenvalue weighted by atomic mass is 16.8. The third-order valence-electron chi connectivity index (χ3n) is 8.59. The number of carbonyl (C=O) groups is 1. The van der Waals surface area contributed by atoms with Gasteiger partial charge in [-0.15, -0.1) is 0 Å². The van der Waals surface area contributed by atoms with Gasteiger partial charge in [0.25, 0.3) is 0 Å². The van der Waals surface area contributed by atoms with Gasteiger partial charge in [-0.3, -0.25) is 4.79 Å². The number of benzene rings is 1. The summed E-state index contributed by atoms with van der Waals surface area (Å²) >= 11 is 0. The number of esters is 1. The molecule has 4 rings (SSSR count). The first-order valence-corrected chi connectivity index (χ1v) is 16.1. The summed E-state index contributed by atoms with van der Waals surface area (Å²) in [6.45, 7) is 1.25. The van der Waals surface area contributed by atoms with Gasteiger partial charge < -0.3 is 84.9 Å². The Labute approximate surface area is 282 Å². The highest BCUT2D eigenvalue weighted by Gasteiger charge is 2.55. The first-order valence-electron chi connectivity index (χ1n) is 16.1. The summed E-state index contributed by atoms with van der Waals surface area (Å²) in [4.78, 5) is 13.1. The first-order chi connectivity index (χ1) is 23.3. The molecule has 0 aromatic heterocycles. The van der Waals surface area contributed by atoms with Crippen molar-refractivity contribution in [2.24, 2.45) is 11.7 Å². The average Bonchev–Trinajstić information content (AvgIpc) is 3.08. The van der Waals surface area contributed by atoms with E-state index in [0.29, 0.717) is 0 Å². The van der Waals surface area contributed by atoms with Gasteiger partial charge in [0, 0.05) is 0 Å². The fourth-order valence-electron chi connectivity index (χ4n) is 5.87. The van der Waals surface area contributed by atoms with Gasteiger partial charge in [0.05, 0.1) is 26.4 Å². The van der Waals surface area contributed by atoms with E-state index in [-0.39, 0.29) is 18.9 Å². The van der Waals surface area contributed by atoms with Crippen LogP contribution in [0.1, 0.15) is 25.8 Å². The molecule has 0 spiro atoms. The van der Waals surface area contributed by atoms with Gasteiger partial charge in [0.2, 0.25) is 0 Å². The molecule has 49 heavy (non-hydrogen) atoms. The molecule has 3 aliphatic rings. The van der Waals surface area contributed by atoms with Gasteiger partial charge in [-0.1, -0.05) is 44.2 Å². The second-order valence-corrected chi connectivity index (χ2v) is 12.8. The van der Waals surface area contributed by atoms with E-state index in [1.807, 2.05) is 13.8 Å². The van der Waals surface area contributed by atoms with Crippen LogP contribution in [0.2, 0.25) is 0 Å². The Bertz CT molecular complexity index is 1150. The van der Waals surface area contributed by atoms with Gasteiger partial charge in [-0.2, -0.15) is 0 Å². The van der Waals surface area contributed by atoms with Gasteiger partial charge in [0.15, 0.2) is 25.0 Å². The molecule has 0 saturated carbocycles. The van der Waals surface area contributed by atoms with E-state index in [1.165, 1.54) is 0 Å². The normalized spacial score (nSPS) is 40.6. The van der Waals surface area contributed by atoms with Crippen LogP contribution in [0.3, 0.4) is 0 Å². The van der Waals surface area contributed by atoms with Gasteiger partial charge in [-0.05, 0) is 17.9 Å². The summed E-state index contributed by atoms with van der Waals surface area (Å²) in [5, 5.41) is 94.3. The molecule has 18 heteroatoms. The van der Waals surface area contributed by atoms with Crippen molar-refractivity contribution in [3.8, 4) is 0 Å².